The molecule has 0 radical (unpaired) electrons. The molecule has 0 fully saturated rings. The van der Waals surface area contributed by atoms with Crippen LogP contribution in [-0.4, -0.2) is 14.2 Å². The van der Waals surface area contributed by atoms with Gasteiger partial charge in [0.2, 0.25) is 0 Å². The Labute approximate surface area is 109 Å². The summed E-state index contributed by atoms with van der Waals surface area (Å²) in [6.45, 7) is 0.296. The molecule has 0 spiro atoms. The summed E-state index contributed by atoms with van der Waals surface area (Å²) < 4.78 is 2.85. The summed E-state index contributed by atoms with van der Waals surface area (Å²) in [4.78, 5) is 12.1. The molecule has 0 aliphatic rings. The molecule has 5 heteroatoms. The minimum Gasteiger partial charge on any atom is -0.250 e. The highest BCUT2D eigenvalue weighted by molar-refractivity contribution is 5.38. The topological polar surface area (TPSA) is 63.1 Å². The second kappa shape index (κ2) is 4.42. The Hall–Kier alpha value is -2.87. The summed E-state index contributed by atoms with van der Waals surface area (Å²) in [5.41, 5.74) is 1.74. The maximum absolute atomic E-state index is 12.1. The molecule has 0 aliphatic carbocycles. The van der Waals surface area contributed by atoms with Gasteiger partial charge in [-0.3, -0.25) is 4.40 Å². The van der Waals surface area contributed by atoms with E-state index >= 15 is 0 Å². The number of rotatable bonds is 2. The average Bonchev–Trinajstić information content (AvgIpc) is 2.77. The molecule has 0 unspecified atom stereocenters. The van der Waals surface area contributed by atoms with Gasteiger partial charge < -0.3 is 0 Å². The fraction of sp³-hybridized carbons (Fsp3) is 0.0714. The summed E-state index contributed by atoms with van der Waals surface area (Å²) in [5.74, 6) is 0. The first-order chi connectivity index (χ1) is 9.29. The summed E-state index contributed by atoms with van der Waals surface area (Å²) in [6.07, 6.45) is 1.68. The van der Waals surface area contributed by atoms with Gasteiger partial charge in [0.05, 0.1) is 18.2 Å². The number of aromatic nitrogens is 3. The first-order valence-corrected chi connectivity index (χ1v) is 5.82. The van der Waals surface area contributed by atoms with Gasteiger partial charge in [-0.25, -0.2) is 9.48 Å². The lowest BCUT2D eigenvalue weighted by Gasteiger charge is -2.01. The van der Waals surface area contributed by atoms with Gasteiger partial charge in [-0.05, 0) is 23.8 Å². The number of nitrogens with zero attached hydrogens (tertiary/aromatic N) is 4. The Morgan fingerprint density at radius 2 is 1.95 bits per heavy atom. The maximum Gasteiger partial charge on any atom is 0.350 e. The lowest BCUT2D eigenvalue weighted by Crippen LogP contribution is -2.21. The number of hydrogen-bond donors (Lipinski definition) is 0. The Bertz CT molecular complexity index is 838. The van der Waals surface area contributed by atoms with E-state index < -0.39 is 0 Å². The van der Waals surface area contributed by atoms with Gasteiger partial charge in [-0.15, -0.1) is 5.10 Å². The van der Waals surface area contributed by atoms with Crippen LogP contribution < -0.4 is 5.69 Å². The highest BCUT2D eigenvalue weighted by Gasteiger charge is 2.08. The van der Waals surface area contributed by atoms with Crippen molar-refractivity contribution in [1.29, 1.82) is 5.26 Å². The second-order valence-electron chi connectivity index (χ2n) is 4.14. The van der Waals surface area contributed by atoms with Crippen LogP contribution in [0.3, 0.4) is 0 Å². The van der Waals surface area contributed by atoms with Gasteiger partial charge >= 0.3 is 5.69 Å². The molecule has 5 nitrogen and oxygen atoms in total. The molecule has 0 saturated heterocycles. The molecule has 0 saturated carbocycles. The Morgan fingerprint density at radius 3 is 2.74 bits per heavy atom. The molecule has 0 N–H and O–H groups in total. The monoisotopic (exact) mass is 250 g/mol. The number of pyridine rings is 1. The van der Waals surface area contributed by atoms with Crippen molar-refractivity contribution in [1.82, 2.24) is 14.2 Å². The Balaban J connectivity index is 2.09. The van der Waals surface area contributed by atoms with Crippen LogP contribution >= 0.6 is 0 Å². The standard InChI is InChI=1S/C14H10N4O/c15-9-11-5-1-2-6-12(11)10-18-14(19)17-8-4-3-7-13(17)16-18/h1-8H,10H2. The highest BCUT2D eigenvalue weighted by Crippen LogP contribution is 2.08. The summed E-state index contributed by atoms with van der Waals surface area (Å²) in [5, 5.41) is 13.3. The van der Waals surface area contributed by atoms with Crippen molar-refractivity contribution in [2.45, 2.75) is 6.54 Å². The summed E-state index contributed by atoms with van der Waals surface area (Å²) >= 11 is 0. The maximum atomic E-state index is 12.1. The molecule has 0 amide bonds. The number of benzene rings is 1. The van der Waals surface area contributed by atoms with E-state index in [4.69, 9.17) is 5.26 Å². The summed E-state index contributed by atoms with van der Waals surface area (Å²) in [7, 11) is 0. The molecule has 0 atom stereocenters. The molecule has 2 heterocycles. The van der Waals surface area contributed by atoms with Crippen LogP contribution in [0.4, 0.5) is 0 Å². The first kappa shape index (κ1) is 11.2. The molecule has 0 aliphatic heterocycles. The zero-order chi connectivity index (χ0) is 13.2. The number of fused-ring (bicyclic) bond motifs is 1. The van der Waals surface area contributed by atoms with Gasteiger partial charge in [-0.1, -0.05) is 24.3 Å². The molecule has 3 rings (SSSR count). The van der Waals surface area contributed by atoms with E-state index in [2.05, 4.69) is 11.2 Å². The quantitative estimate of drug-likeness (QED) is 0.691. The predicted molar refractivity (Wildman–Crippen MR) is 69.7 cm³/mol. The van der Waals surface area contributed by atoms with E-state index in [0.29, 0.717) is 17.8 Å². The van der Waals surface area contributed by atoms with Gasteiger partial charge in [-0.2, -0.15) is 5.26 Å². The van der Waals surface area contributed by atoms with Crippen molar-refractivity contribution in [2.24, 2.45) is 0 Å². The van der Waals surface area contributed by atoms with Crippen molar-refractivity contribution in [3.63, 3.8) is 0 Å². The average molecular weight is 250 g/mol. The molecular weight excluding hydrogens is 240 g/mol. The molecule has 0 bridgehead atoms. The first-order valence-electron chi connectivity index (χ1n) is 5.82. The van der Waals surface area contributed by atoms with Crippen molar-refractivity contribution in [3.05, 3.63) is 70.3 Å². The normalized spacial score (nSPS) is 10.5. The van der Waals surface area contributed by atoms with E-state index in [1.807, 2.05) is 18.2 Å². The van der Waals surface area contributed by atoms with Gasteiger partial charge in [0.1, 0.15) is 0 Å². The number of hydrogen-bond acceptors (Lipinski definition) is 3. The fourth-order valence-electron chi connectivity index (χ4n) is 2.00. The van der Waals surface area contributed by atoms with E-state index in [9.17, 15) is 4.79 Å². The third-order valence-corrected chi connectivity index (χ3v) is 2.95. The third kappa shape index (κ3) is 1.89. The smallest absolute Gasteiger partial charge is 0.250 e. The molecule has 92 valence electrons. The van der Waals surface area contributed by atoms with Crippen LogP contribution in [0.2, 0.25) is 0 Å². The van der Waals surface area contributed by atoms with Crippen LogP contribution in [0.15, 0.2) is 53.5 Å². The van der Waals surface area contributed by atoms with Crippen molar-refractivity contribution < 1.29 is 0 Å². The minimum absolute atomic E-state index is 0.205. The largest absolute Gasteiger partial charge is 0.350 e. The van der Waals surface area contributed by atoms with Crippen LogP contribution in [0, 0.1) is 11.3 Å². The van der Waals surface area contributed by atoms with E-state index in [0.717, 1.165) is 5.56 Å². The number of nitriles is 1. The minimum atomic E-state index is -0.205. The van der Waals surface area contributed by atoms with Crippen LogP contribution in [0.5, 0.6) is 0 Å². The Morgan fingerprint density at radius 1 is 1.16 bits per heavy atom. The third-order valence-electron chi connectivity index (χ3n) is 2.95. The van der Waals surface area contributed by atoms with Gasteiger partial charge in [0.15, 0.2) is 5.65 Å². The fourth-order valence-corrected chi connectivity index (χ4v) is 2.00. The van der Waals surface area contributed by atoms with E-state index in [1.54, 1.807) is 30.5 Å². The SMILES string of the molecule is N#Cc1ccccc1Cn1nc2ccccn2c1=O. The van der Waals surface area contributed by atoms with Gasteiger partial charge in [0.25, 0.3) is 0 Å². The van der Waals surface area contributed by atoms with Crippen LogP contribution in [-0.2, 0) is 6.54 Å². The summed E-state index contributed by atoms with van der Waals surface area (Å²) in [6, 6.07) is 14.7. The molecule has 2 aromatic heterocycles. The van der Waals surface area contributed by atoms with E-state index in [1.165, 1.54) is 9.08 Å². The lowest BCUT2D eigenvalue weighted by atomic mass is 10.1. The zero-order valence-electron chi connectivity index (χ0n) is 10.0. The second-order valence-corrected chi connectivity index (χ2v) is 4.14. The zero-order valence-corrected chi connectivity index (χ0v) is 10.0. The lowest BCUT2D eigenvalue weighted by molar-refractivity contribution is 0.658. The molecule has 19 heavy (non-hydrogen) atoms. The highest BCUT2D eigenvalue weighted by atomic mass is 16.2. The predicted octanol–water partition coefficient (Wildman–Crippen LogP) is 1.42. The van der Waals surface area contributed by atoms with Crippen molar-refractivity contribution in [3.8, 4) is 6.07 Å². The van der Waals surface area contributed by atoms with Crippen LogP contribution in [0.1, 0.15) is 11.1 Å². The van der Waals surface area contributed by atoms with Crippen molar-refractivity contribution >= 4 is 5.65 Å². The molecular formula is C14H10N4O. The molecule has 1 aromatic carbocycles. The van der Waals surface area contributed by atoms with Crippen LogP contribution in [0.25, 0.3) is 5.65 Å². The van der Waals surface area contributed by atoms with Crippen molar-refractivity contribution in [2.75, 3.05) is 0 Å². The van der Waals surface area contributed by atoms with E-state index in [-0.39, 0.29) is 5.69 Å². The van der Waals surface area contributed by atoms with Gasteiger partial charge in [0, 0.05) is 6.20 Å². The Kier molecular flexibility index (Phi) is 2.62. The molecule has 3 aromatic rings.